The molecule has 0 spiro atoms. The van der Waals surface area contributed by atoms with E-state index in [0.717, 1.165) is 12.8 Å². The first-order valence-electron chi connectivity index (χ1n) is 5.22. The van der Waals surface area contributed by atoms with Crippen LogP contribution in [-0.4, -0.2) is 41.1 Å². The first kappa shape index (κ1) is 11.5. The Morgan fingerprint density at radius 2 is 2.29 bits per heavy atom. The van der Waals surface area contributed by atoms with Crippen LogP contribution in [0, 0.1) is 5.92 Å². The lowest BCUT2D eigenvalue weighted by Gasteiger charge is -2.37. The summed E-state index contributed by atoms with van der Waals surface area (Å²) in [6.07, 6.45) is 1.52. The van der Waals surface area contributed by atoms with Gasteiger partial charge in [0.1, 0.15) is 0 Å². The van der Waals surface area contributed by atoms with Crippen molar-refractivity contribution < 1.29 is 9.90 Å². The van der Waals surface area contributed by atoms with Crippen LogP contribution in [0.5, 0.6) is 0 Å². The van der Waals surface area contributed by atoms with E-state index in [2.05, 4.69) is 11.8 Å². The second-order valence-corrected chi connectivity index (χ2v) is 4.33. The number of primary amides is 1. The predicted molar refractivity (Wildman–Crippen MR) is 54.6 cm³/mol. The first-order valence-corrected chi connectivity index (χ1v) is 5.22. The molecule has 1 fully saturated rings. The third-order valence-electron chi connectivity index (χ3n) is 2.91. The molecular formula is C10H20N2O2. The zero-order chi connectivity index (χ0) is 10.7. The van der Waals surface area contributed by atoms with Crippen LogP contribution in [0.4, 0.5) is 0 Å². The van der Waals surface area contributed by atoms with Crippen LogP contribution >= 0.6 is 0 Å². The van der Waals surface area contributed by atoms with Crippen molar-refractivity contribution in [3.63, 3.8) is 0 Å². The lowest BCUT2D eigenvalue weighted by Crippen LogP contribution is -2.48. The molecule has 4 heteroatoms. The van der Waals surface area contributed by atoms with Crippen LogP contribution in [0.1, 0.15) is 26.7 Å². The van der Waals surface area contributed by atoms with E-state index in [4.69, 9.17) is 5.73 Å². The van der Waals surface area contributed by atoms with Crippen LogP contribution in [-0.2, 0) is 4.79 Å². The minimum absolute atomic E-state index is 0.0371. The van der Waals surface area contributed by atoms with E-state index >= 15 is 0 Å². The zero-order valence-corrected chi connectivity index (χ0v) is 8.94. The monoisotopic (exact) mass is 200 g/mol. The molecule has 1 amide bonds. The Bertz CT molecular complexity index is 206. The summed E-state index contributed by atoms with van der Waals surface area (Å²) < 4.78 is 0. The van der Waals surface area contributed by atoms with E-state index in [9.17, 15) is 9.90 Å². The van der Waals surface area contributed by atoms with Gasteiger partial charge >= 0.3 is 0 Å². The van der Waals surface area contributed by atoms with Gasteiger partial charge in [0.25, 0.3) is 0 Å². The Morgan fingerprint density at radius 1 is 1.64 bits per heavy atom. The zero-order valence-electron chi connectivity index (χ0n) is 8.94. The number of β-amino-alcohol motifs (C(OH)–C–C–N with tert-alkyl or cyclic N) is 1. The van der Waals surface area contributed by atoms with Crippen LogP contribution < -0.4 is 5.73 Å². The maximum absolute atomic E-state index is 11.0. The summed E-state index contributed by atoms with van der Waals surface area (Å²) in [5, 5.41) is 9.29. The minimum atomic E-state index is -0.343. The molecule has 0 aliphatic carbocycles. The van der Waals surface area contributed by atoms with Crippen molar-refractivity contribution in [3.05, 3.63) is 0 Å². The third kappa shape index (κ3) is 2.96. The second kappa shape index (κ2) is 4.75. The molecule has 1 rings (SSSR count). The van der Waals surface area contributed by atoms with Gasteiger partial charge in [-0.25, -0.2) is 0 Å². The number of aliphatic hydroxyl groups excluding tert-OH is 1. The van der Waals surface area contributed by atoms with Crippen molar-refractivity contribution >= 4 is 5.91 Å². The molecule has 0 aromatic carbocycles. The van der Waals surface area contributed by atoms with Gasteiger partial charge in [-0.3, -0.25) is 9.69 Å². The Balaban J connectivity index is 2.50. The molecule has 1 heterocycles. The van der Waals surface area contributed by atoms with Crippen molar-refractivity contribution in [1.82, 2.24) is 4.90 Å². The molecule has 3 N–H and O–H groups in total. The molecule has 1 saturated heterocycles. The van der Waals surface area contributed by atoms with Gasteiger partial charge in [-0.2, -0.15) is 0 Å². The second-order valence-electron chi connectivity index (χ2n) is 4.33. The summed E-state index contributed by atoms with van der Waals surface area (Å²) >= 11 is 0. The van der Waals surface area contributed by atoms with Crippen LogP contribution in [0.3, 0.4) is 0 Å². The molecule has 3 atom stereocenters. The highest BCUT2D eigenvalue weighted by Crippen LogP contribution is 2.21. The molecule has 14 heavy (non-hydrogen) atoms. The van der Waals surface area contributed by atoms with Crippen molar-refractivity contribution in [2.45, 2.75) is 38.8 Å². The fourth-order valence-electron chi connectivity index (χ4n) is 2.01. The number of amides is 1. The number of hydrogen-bond acceptors (Lipinski definition) is 3. The summed E-state index contributed by atoms with van der Waals surface area (Å²) in [7, 11) is 0. The fourth-order valence-corrected chi connectivity index (χ4v) is 2.01. The molecular weight excluding hydrogens is 180 g/mol. The van der Waals surface area contributed by atoms with Crippen LogP contribution in [0.15, 0.2) is 0 Å². The highest BCUT2D eigenvalue weighted by Gasteiger charge is 2.28. The number of rotatable bonds is 3. The van der Waals surface area contributed by atoms with Gasteiger partial charge in [-0.1, -0.05) is 0 Å². The topological polar surface area (TPSA) is 66.6 Å². The molecule has 1 aliphatic heterocycles. The number of piperidine rings is 1. The molecule has 0 bridgehead atoms. The van der Waals surface area contributed by atoms with Gasteiger partial charge in [-0.15, -0.1) is 0 Å². The highest BCUT2D eigenvalue weighted by atomic mass is 16.3. The van der Waals surface area contributed by atoms with Crippen LogP contribution in [0.25, 0.3) is 0 Å². The molecule has 1 aliphatic rings. The summed E-state index contributed by atoms with van der Waals surface area (Å²) in [5.74, 6) is -0.252. The highest BCUT2D eigenvalue weighted by molar-refractivity contribution is 5.76. The summed E-state index contributed by atoms with van der Waals surface area (Å²) in [4.78, 5) is 13.2. The maximum atomic E-state index is 11.0. The van der Waals surface area contributed by atoms with E-state index in [0.29, 0.717) is 19.1 Å². The van der Waals surface area contributed by atoms with Gasteiger partial charge in [0.05, 0.1) is 12.0 Å². The van der Waals surface area contributed by atoms with Crippen molar-refractivity contribution in [3.8, 4) is 0 Å². The maximum Gasteiger partial charge on any atom is 0.221 e. The van der Waals surface area contributed by atoms with E-state index in [1.165, 1.54) is 0 Å². The largest absolute Gasteiger partial charge is 0.392 e. The summed E-state index contributed by atoms with van der Waals surface area (Å²) in [6, 6.07) is 0.445. The molecule has 0 saturated carbocycles. The summed E-state index contributed by atoms with van der Waals surface area (Å²) in [6.45, 7) is 5.21. The number of likely N-dealkylation sites (tertiary alicyclic amines) is 1. The smallest absolute Gasteiger partial charge is 0.221 e. The first-order chi connectivity index (χ1) is 6.50. The lowest BCUT2D eigenvalue weighted by atomic mass is 9.93. The number of nitrogens with zero attached hydrogens (tertiary/aromatic N) is 1. The molecule has 2 unspecified atom stereocenters. The standard InChI is InChI=1S/C10H20N2O2/c1-7-3-4-9(10(11)14)6-12(7)5-8(2)13/h7-9,13H,3-6H2,1-2H3,(H2,11,14)/t7?,8-,9?/m0/s1. The van der Waals surface area contributed by atoms with E-state index in [1.807, 2.05) is 0 Å². The Labute approximate surface area is 85.1 Å². The van der Waals surface area contributed by atoms with Gasteiger partial charge in [0.2, 0.25) is 5.91 Å². The molecule has 82 valence electrons. The molecule has 0 radical (unpaired) electrons. The average Bonchev–Trinajstić information content (AvgIpc) is 2.07. The van der Waals surface area contributed by atoms with E-state index in [1.54, 1.807) is 6.92 Å². The molecule has 0 aromatic rings. The number of hydrogen-bond donors (Lipinski definition) is 2. The van der Waals surface area contributed by atoms with Gasteiger partial charge in [-0.05, 0) is 26.7 Å². The van der Waals surface area contributed by atoms with Crippen LogP contribution in [0.2, 0.25) is 0 Å². The lowest BCUT2D eigenvalue weighted by molar-refractivity contribution is -0.124. The Morgan fingerprint density at radius 3 is 2.79 bits per heavy atom. The third-order valence-corrected chi connectivity index (χ3v) is 2.91. The fraction of sp³-hybridized carbons (Fsp3) is 0.900. The normalized spacial score (nSPS) is 31.4. The summed E-state index contributed by atoms with van der Waals surface area (Å²) in [5.41, 5.74) is 5.28. The van der Waals surface area contributed by atoms with E-state index in [-0.39, 0.29) is 17.9 Å². The SMILES string of the molecule is CC1CCC(C(N)=O)CN1C[C@H](C)O. The number of nitrogens with two attached hydrogens (primary N) is 1. The number of carbonyl (C=O) groups excluding carboxylic acids is 1. The predicted octanol–water partition coefficient (Wildman–Crippen LogP) is -0.0470. The Hall–Kier alpha value is -0.610. The van der Waals surface area contributed by atoms with Gasteiger partial charge in [0, 0.05) is 19.1 Å². The minimum Gasteiger partial charge on any atom is -0.392 e. The van der Waals surface area contributed by atoms with Crippen molar-refractivity contribution in [2.24, 2.45) is 11.7 Å². The molecule has 4 nitrogen and oxygen atoms in total. The average molecular weight is 200 g/mol. The van der Waals surface area contributed by atoms with Crippen molar-refractivity contribution in [2.75, 3.05) is 13.1 Å². The van der Waals surface area contributed by atoms with E-state index < -0.39 is 0 Å². The number of aliphatic hydroxyl groups is 1. The number of carbonyl (C=O) groups is 1. The Kier molecular flexibility index (Phi) is 3.89. The quantitative estimate of drug-likeness (QED) is 0.671. The van der Waals surface area contributed by atoms with Gasteiger partial charge in [0.15, 0.2) is 0 Å². The van der Waals surface area contributed by atoms with Gasteiger partial charge < -0.3 is 10.8 Å². The van der Waals surface area contributed by atoms with Crippen molar-refractivity contribution in [1.29, 1.82) is 0 Å². The molecule has 0 aromatic heterocycles.